The number of aliphatic hydroxyl groups is 1. The summed E-state index contributed by atoms with van der Waals surface area (Å²) in [5, 5.41) is 13.0. The number of ether oxygens (including phenoxy) is 1. The highest BCUT2D eigenvalue weighted by Crippen LogP contribution is 2.25. The van der Waals surface area contributed by atoms with Crippen molar-refractivity contribution in [2.45, 2.75) is 51.9 Å². The molecule has 1 unspecified atom stereocenters. The average molecular weight is 318 g/mol. The smallest absolute Gasteiger partial charge is 0.0725 e. The van der Waals surface area contributed by atoms with Crippen molar-refractivity contribution < 1.29 is 9.84 Å². The lowest BCUT2D eigenvalue weighted by atomic mass is 10.1. The third kappa shape index (κ3) is 5.65. The Hall–Kier alpha value is -1.36. The third-order valence-corrected chi connectivity index (χ3v) is 3.99. The number of likely N-dealkylation sites (tertiary alicyclic amines) is 1. The molecule has 0 radical (unpaired) electrons. The monoisotopic (exact) mass is 318 g/mol. The van der Waals surface area contributed by atoms with Crippen LogP contribution in [0.4, 0.5) is 5.69 Å². The molecule has 1 heterocycles. The summed E-state index contributed by atoms with van der Waals surface area (Å²) in [5.74, 6) is 0. The molecule has 0 saturated carbocycles. The zero-order valence-electron chi connectivity index (χ0n) is 14.8. The predicted octanol–water partition coefficient (Wildman–Crippen LogP) is 3.17. The number of aryl methyl sites for hydroxylation is 1. The number of benzene rings is 1. The summed E-state index contributed by atoms with van der Waals surface area (Å²) < 4.78 is 6.07. The van der Waals surface area contributed by atoms with Crippen LogP contribution in [0.5, 0.6) is 0 Å². The van der Waals surface area contributed by atoms with Crippen molar-refractivity contribution in [1.29, 1.82) is 0 Å². The van der Waals surface area contributed by atoms with Crippen LogP contribution in [-0.2, 0) is 4.74 Å². The first-order chi connectivity index (χ1) is 10.8. The SMILES string of the molecule is C=C(CN1CC(OC(C)(C)C)C[C@H]1CO)Nc1ccc(C)cc1. The van der Waals surface area contributed by atoms with Crippen LogP contribution >= 0.6 is 0 Å². The maximum absolute atomic E-state index is 9.64. The van der Waals surface area contributed by atoms with E-state index in [-0.39, 0.29) is 24.4 Å². The van der Waals surface area contributed by atoms with Crippen LogP contribution in [0.3, 0.4) is 0 Å². The number of aliphatic hydroxyl groups excluding tert-OH is 1. The van der Waals surface area contributed by atoms with Gasteiger partial charge < -0.3 is 15.2 Å². The van der Waals surface area contributed by atoms with Gasteiger partial charge in [-0.15, -0.1) is 0 Å². The van der Waals surface area contributed by atoms with Crippen LogP contribution in [0.2, 0.25) is 0 Å². The van der Waals surface area contributed by atoms with E-state index in [1.54, 1.807) is 0 Å². The number of hydrogen-bond donors (Lipinski definition) is 2. The highest BCUT2D eigenvalue weighted by atomic mass is 16.5. The van der Waals surface area contributed by atoms with Crippen molar-refractivity contribution in [3.63, 3.8) is 0 Å². The Bertz CT molecular complexity index is 519. The summed E-state index contributed by atoms with van der Waals surface area (Å²) >= 11 is 0. The first-order valence-electron chi connectivity index (χ1n) is 8.31. The Morgan fingerprint density at radius 2 is 2.00 bits per heavy atom. The lowest BCUT2D eigenvalue weighted by Gasteiger charge is -2.25. The molecule has 2 N–H and O–H groups in total. The molecule has 0 spiro atoms. The number of rotatable bonds is 6. The fourth-order valence-electron chi connectivity index (χ4n) is 3.03. The lowest BCUT2D eigenvalue weighted by molar-refractivity contribution is -0.0539. The second-order valence-corrected chi connectivity index (χ2v) is 7.45. The molecule has 4 heteroatoms. The molecule has 0 aromatic heterocycles. The standard InChI is InChI=1S/C19H30N2O2/c1-14-6-8-16(9-7-14)20-15(2)11-21-12-18(10-17(21)13-22)23-19(3,4)5/h6-9,17-18,20,22H,2,10-13H2,1,3-5H3/t17-,18?/m0/s1. The predicted molar refractivity (Wildman–Crippen MR) is 95.6 cm³/mol. The van der Waals surface area contributed by atoms with Crippen LogP contribution < -0.4 is 5.32 Å². The van der Waals surface area contributed by atoms with E-state index < -0.39 is 0 Å². The molecule has 1 aliphatic heterocycles. The van der Waals surface area contributed by atoms with Gasteiger partial charge in [0.1, 0.15) is 0 Å². The molecule has 1 aromatic rings. The number of nitrogens with one attached hydrogen (secondary N) is 1. The van der Waals surface area contributed by atoms with E-state index in [0.29, 0.717) is 6.54 Å². The normalized spacial score (nSPS) is 22.3. The third-order valence-electron chi connectivity index (χ3n) is 3.99. The van der Waals surface area contributed by atoms with Crippen molar-refractivity contribution in [1.82, 2.24) is 4.90 Å². The summed E-state index contributed by atoms with van der Waals surface area (Å²) in [6.07, 6.45) is 1.03. The molecular weight excluding hydrogens is 288 g/mol. The van der Waals surface area contributed by atoms with E-state index in [1.165, 1.54) is 5.56 Å². The van der Waals surface area contributed by atoms with E-state index in [0.717, 1.165) is 24.4 Å². The maximum Gasteiger partial charge on any atom is 0.0725 e. The topological polar surface area (TPSA) is 44.7 Å². The number of nitrogens with zero attached hydrogens (tertiary/aromatic N) is 1. The second kappa shape index (κ2) is 7.47. The van der Waals surface area contributed by atoms with Crippen LogP contribution in [0.15, 0.2) is 36.5 Å². The summed E-state index contributed by atoms with van der Waals surface area (Å²) in [4.78, 5) is 2.25. The first-order valence-corrected chi connectivity index (χ1v) is 8.31. The van der Waals surface area contributed by atoms with E-state index in [4.69, 9.17) is 4.74 Å². The average Bonchev–Trinajstić information content (AvgIpc) is 2.80. The van der Waals surface area contributed by atoms with Crippen LogP contribution in [0.1, 0.15) is 32.8 Å². The van der Waals surface area contributed by atoms with Crippen molar-refractivity contribution in [3.8, 4) is 0 Å². The van der Waals surface area contributed by atoms with Crippen molar-refractivity contribution in [3.05, 3.63) is 42.1 Å². The van der Waals surface area contributed by atoms with E-state index in [9.17, 15) is 5.11 Å². The Morgan fingerprint density at radius 3 is 2.57 bits per heavy atom. The van der Waals surface area contributed by atoms with Crippen molar-refractivity contribution in [2.75, 3.05) is 25.0 Å². The van der Waals surface area contributed by atoms with Crippen molar-refractivity contribution >= 4 is 5.69 Å². The molecule has 0 amide bonds. The summed E-state index contributed by atoms with van der Waals surface area (Å²) in [5.41, 5.74) is 3.06. The van der Waals surface area contributed by atoms with Gasteiger partial charge in [0.25, 0.3) is 0 Å². The number of hydrogen-bond acceptors (Lipinski definition) is 4. The van der Waals surface area contributed by atoms with Crippen LogP contribution in [-0.4, -0.2) is 47.4 Å². The molecule has 0 aliphatic carbocycles. The van der Waals surface area contributed by atoms with Gasteiger partial charge in [0.05, 0.1) is 18.3 Å². The largest absolute Gasteiger partial charge is 0.395 e. The highest BCUT2D eigenvalue weighted by Gasteiger charge is 2.34. The second-order valence-electron chi connectivity index (χ2n) is 7.45. The molecule has 1 fully saturated rings. The van der Waals surface area contributed by atoms with Crippen LogP contribution in [0.25, 0.3) is 0 Å². The minimum absolute atomic E-state index is 0.138. The van der Waals surface area contributed by atoms with Gasteiger partial charge in [-0.05, 0) is 46.2 Å². The van der Waals surface area contributed by atoms with Gasteiger partial charge in [-0.3, -0.25) is 4.90 Å². The first kappa shape index (κ1) is 18.0. The van der Waals surface area contributed by atoms with Gasteiger partial charge in [0.2, 0.25) is 0 Å². The Balaban J connectivity index is 1.90. The molecule has 4 nitrogen and oxygen atoms in total. The van der Waals surface area contributed by atoms with Crippen LogP contribution in [0, 0.1) is 6.92 Å². The lowest BCUT2D eigenvalue weighted by Crippen LogP contribution is -2.35. The minimum Gasteiger partial charge on any atom is -0.395 e. The maximum atomic E-state index is 9.64. The molecule has 0 bridgehead atoms. The van der Waals surface area contributed by atoms with Gasteiger partial charge in [-0.1, -0.05) is 24.3 Å². The van der Waals surface area contributed by atoms with Gasteiger partial charge in [0.15, 0.2) is 0 Å². The minimum atomic E-state index is -0.155. The molecule has 2 atom stereocenters. The van der Waals surface area contributed by atoms with E-state index >= 15 is 0 Å². The molecular formula is C19H30N2O2. The van der Waals surface area contributed by atoms with E-state index in [2.05, 4.69) is 68.8 Å². The summed E-state index contributed by atoms with van der Waals surface area (Å²) in [6, 6.07) is 8.41. The molecule has 1 saturated heterocycles. The summed E-state index contributed by atoms with van der Waals surface area (Å²) in [7, 11) is 0. The van der Waals surface area contributed by atoms with Gasteiger partial charge in [-0.2, -0.15) is 0 Å². The van der Waals surface area contributed by atoms with Crippen molar-refractivity contribution in [2.24, 2.45) is 0 Å². The Morgan fingerprint density at radius 1 is 1.35 bits per heavy atom. The zero-order valence-corrected chi connectivity index (χ0v) is 14.8. The zero-order chi connectivity index (χ0) is 17.0. The fraction of sp³-hybridized carbons (Fsp3) is 0.579. The molecule has 2 rings (SSSR count). The highest BCUT2D eigenvalue weighted by molar-refractivity contribution is 5.48. The Labute approximate surface area is 140 Å². The van der Waals surface area contributed by atoms with Gasteiger partial charge in [0, 0.05) is 30.5 Å². The Kier molecular flexibility index (Phi) is 5.84. The molecule has 1 aliphatic rings. The van der Waals surface area contributed by atoms with E-state index in [1.807, 2.05) is 0 Å². The van der Waals surface area contributed by atoms with Gasteiger partial charge in [-0.25, -0.2) is 0 Å². The summed E-state index contributed by atoms with van der Waals surface area (Å²) in [6.45, 7) is 14.1. The fourth-order valence-corrected chi connectivity index (χ4v) is 3.03. The van der Waals surface area contributed by atoms with Gasteiger partial charge >= 0.3 is 0 Å². The molecule has 23 heavy (non-hydrogen) atoms. The molecule has 128 valence electrons. The quantitative estimate of drug-likeness (QED) is 0.845. The molecule has 1 aromatic carbocycles. The number of anilines is 1.